The van der Waals surface area contributed by atoms with Crippen LogP contribution in [0.3, 0.4) is 0 Å². The van der Waals surface area contributed by atoms with Gasteiger partial charge in [0.1, 0.15) is 0 Å². The van der Waals surface area contributed by atoms with Crippen molar-refractivity contribution in [3.63, 3.8) is 0 Å². The molecule has 21 heavy (non-hydrogen) atoms. The average Bonchev–Trinajstić information content (AvgIpc) is 2.87. The van der Waals surface area contributed by atoms with Gasteiger partial charge in [0.15, 0.2) is 29.1 Å². The Morgan fingerprint density at radius 1 is 1.19 bits per heavy atom. The molecular weight excluding hydrogens is 281 g/mol. The Balaban J connectivity index is 2.09. The van der Waals surface area contributed by atoms with E-state index in [1.54, 1.807) is 0 Å². The maximum Gasteiger partial charge on any atom is 0.194 e. The number of hydrogen-bond acceptors (Lipinski definition) is 3. The molecule has 0 saturated heterocycles. The first kappa shape index (κ1) is 14.1. The average molecular weight is 296 g/mol. The fourth-order valence-corrected chi connectivity index (χ4v) is 2.62. The SMILES string of the molecule is CC(C)C1NCCn2c(-c3cc(F)c(F)c(F)c3)nnc21. The molecule has 2 heterocycles. The molecule has 4 nitrogen and oxygen atoms in total. The monoisotopic (exact) mass is 296 g/mol. The summed E-state index contributed by atoms with van der Waals surface area (Å²) >= 11 is 0. The van der Waals surface area contributed by atoms with E-state index in [1.807, 2.05) is 4.57 Å². The highest BCUT2D eigenvalue weighted by Gasteiger charge is 2.28. The first-order valence-electron chi connectivity index (χ1n) is 6.80. The molecule has 0 spiro atoms. The van der Waals surface area contributed by atoms with Gasteiger partial charge in [0.25, 0.3) is 0 Å². The summed E-state index contributed by atoms with van der Waals surface area (Å²) in [6, 6.07) is 1.93. The molecule has 0 bridgehead atoms. The molecule has 1 aromatic carbocycles. The molecular formula is C14H15F3N4. The smallest absolute Gasteiger partial charge is 0.194 e. The largest absolute Gasteiger partial charge is 0.308 e. The van der Waals surface area contributed by atoms with Crippen LogP contribution >= 0.6 is 0 Å². The van der Waals surface area contributed by atoms with Crippen LogP contribution in [0.1, 0.15) is 25.7 Å². The summed E-state index contributed by atoms with van der Waals surface area (Å²) in [6.07, 6.45) is 0. The summed E-state index contributed by atoms with van der Waals surface area (Å²) in [5, 5.41) is 11.5. The van der Waals surface area contributed by atoms with Crippen molar-refractivity contribution in [1.29, 1.82) is 0 Å². The third-order valence-electron chi connectivity index (χ3n) is 3.67. The molecule has 112 valence electrons. The quantitative estimate of drug-likeness (QED) is 0.866. The van der Waals surface area contributed by atoms with Crippen molar-refractivity contribution in [3.05, 3.63) is 35.4 Å². The Bertz CT molecular complexity index is 658. The Morgan fingerprint density at radius 2 is 1.86 bits per heavy atom. The number of aromatic nitrogens is 3. The molecule has 0 fully saturated rings. The van der Waals surface area contributed by atoms with E-state index in [9.17, 15) is 13.2 Å². The Labute approximate surface area is 120 Å². The van der Waals surface area contributed by atoms with E-state index in [1.165, 1.54) is 0 Å². The van der Waals surface area contributed by atoms with Crippen LogP contribution in [0, 0.1) is 23.4 Å². The van der Waals surface area contributed by atoms with Crippen LogP contribution in [0.5, 0.6) is 0 Å². The van der Waals surface area contributed by atoms with Crippen molar-refractivity contribution in [2.45, 2.75) is 26.4 Å². The second-order valence-corrected chi connectivity index (χ2v) is 5.46. The zero-order valence-electron chi connectivity index (χ0n) is 11.7. The van der Waals surface area contributed by atoms with Crippen molar-refractivity contribution in [1.82, 2.24) is 20.1 Å². The lowest BCUT2D eigenvalue weighted by Gasteiger charge is -2.27. The van der Waals surface area contributed by atoms with Crippen LogP contribution < -0.4 is 5.32 Å². The van der Waals surface area contributed by atoms with Crippen LogP contribution in [0.25, 0.3) is 11.4 Å². The third kappa shape index (κ3) is 2.31. The fourth-order valence-electron chi connectivity index (χ4n) is 2.62. The normalized spacial score (nSPS) is 18.1. The van der Waals surface area contributed by atoms with Gasteiger partial charge >= 0.3 is 0 Å². The molecule has 1 aliphatic rings. The molecule has 7 heteroatoms. The van der Waals surface area contributed by atoms with E-state index in [0.29, 0.717) is 24.8 Å². The highest BCUT2D eigenvalue weighted by atomic mass is 19.2. The van der Waals surface area contributed by atoms with Gasteiger partial charge in [0, 0.05) is 18.7 Å². The van der Waals surface area contributed by atoms with Gasteiger partial charge in [-0.05, 0) is 18.1 Å². The minimum atomic E-state index is -1.47. The molecule has 0 aliphatic carbocycles. The fraction of sp³-hybridized carbons (Fsp3) is 0.429. The van der Waals surface area contributed by atoms with Crippen molar-refractivity contribution >= 4 is 0 Å². The van der Waals surface area contributed by atoms with E-state index in [4.69, 9.17) is 0 Å². The molecule has 1 atom stereocenters. The molecule has 3 rings (SSSR count). The number of hydrogen-bond donors (Lipinski definition) is 1. The molecule has 1 aliphatic heterocycles. The predicted molar refractivity (Wildman–Crippen MR) is 70.9 cm³/mol. The van der Waals surface area contributed by atoms with Gasteiger partial charge in [0.2, 0.25) is 0 Å². The maximum absolute atomic E-state index is 13.4. The summed E-state index contributed by atoms with van der Waals surface area (Å²) in [7, 11) is 0. The molecule has 1 N–H and O–H groups in total. The zero-order chi connectivity index (χ0) is 15.1. The van der Waals surface area contributed by atoms with E-state index < -0.39 is 17.5 Å². The van der Waals surface area contributed by atoms with Gasteiger partial charge in [-0.3, -0.25) is 0 Å². The summed E-state index contributed by atoms with van der Waals surface area (Å²) in [5.41, 5.74) is 0.189. The number of fused-ring (bicyclic) bond motifs is 1. The minimum absolute atomic E-state index is 0.0372. The van der Waals surface area contributed by atoms with Crippen molar-refractivity contribution in [2.75, 3.05) is 6.54 Å². The Hall–Kier alpha value is -1.89. The van der Waals surface area contributed by atoms with Crippen molar-refractivity contribution in [2.24, 2.45) is 5.92 Å². The van der Waals surface area contributed by atoms with Gasteiger partial charge in [-0.2, -0.15) is 0 Å². The van der Waals surface area contributed by atoms with Crippen LogP contribution in [-0.4, -0.2) is 21.3 Å². The standard InChI is InChI=1S/C14H15F3N4/c1-7(2)12-14-20-19-13(21(14)4-3-18-12)8-5-9(15)11(17)10(16)6-8/h5-7,12,18H,3-4H2,1-2H3. The van der Waals surface area contributed by atoms with Crippen LogP contribution in [-0.2, 0) is 6.54 Å². The molecule has 0 radical (unpaired) electrons. The highest BCUT2D eigenvalue weighted by molar-refractivity contribution is 5.56. The van der Waals surface area contributed by atoms with E-state index >= 15 is 0 Å². The number of rotatable bonds is 2. The molecule has 1 aromatic heterocycles. The zero-order valence-corrected chi connectivity index (χ0v) is 11.7. The van der Waals surface area contributed by atoms with Gasteiger partial charge in [-0.1, -0.05) is 13.8 Å². The number of nitrogens with one attached hydrogen (secondary N) is 1. The summed E-state index contributed by atoms with van der Waals surface area (Å²) in [5.74, 6) is -2.53. The second-order valence-electron chi connectivity index (χ2n) is 5.46. The second kappa shape index (κ2) is 5.14. The predicted octanol–water partition coefficient (Wildman–Crippen LogP) is 2.66. The van der Waals surface area contributed by atoms with Crippen LogP contribution in [0.2, 0.25) is 0 Å². The topological polar surface area (TPSA) is 42.7 Å². The van der Waals surface area contributed by atoms with Gasteiger partial charge in [-0.25, -0.2) is 13.2 Å². The number of benzene rings is 1. The molecule has 0 saturated carbocycles. The van der Waals surface area contributed by atoms with Crippen LogP contribution in [0.15, 0.2) is 12.1 Å². The van der Waals surface area contributed by atoms with E-state index in [2.05, 4.69) is 29.4 Å². The van der Waals surface area contributed by atoms with Crippen molar-refractivity contribution in [3.8, 4) is 11.4 Å². The minimum Gasteiger partial charge on any atom is -0.308 e. The summed E-state index contributed by atoms with van der Waals surface area (Å²) in [6.45, 7) is 5.42. The van der Waals surface area contributed by atoms with Gasteiger partial charge < -0.3 is 9.88 Å². The van der Waals surface area contributed by atoms with E-state index in [0.717, 1.165) is 18.0 Å². The lowest BCUT2D eigenvalue weighted by molar-refractivity contribution is 0.339. The number of nitrogens with zero attached hydrogens (tertiary/aromatic N) is 3. The Kier molecular flexibility index (Phi) is 3.44. The van der Waals surface area contributed by atoms with Crippen molar-refractivity contribution < 1.29 is 13.2 Å². The Morgan fingerprint density at radius 3 is 2.48 bits per heavy atom. The third-order valence-corrected chi connectivity index (χ3v) is 3.67. The molecule has 1 unspecified atom stereocenters. The first-order valence-corrected chi connectivity index (χ1v) is 6.80. The van der Waals surface area contributed by atoms with Crippen LogP contribution in [0.4, 0.5) is 13.2 Å². The van der Waals surface area contributed by atoms with Gasteiger partial charge in [-0.15, -0.1) is 10.2 Å². The summed E-state index contributed by atoms with van der Waals surface area (Å²) in [4.78, 5) is 0. The highest BCUT2D eigenvalue weighted by Crippen LogP contribution is 2.29. The maximum atomic E-state index is 13.4. The van der Waals surface area contributed by atoms with E-state index in [-0.39, 0.29) is 11.6 Å². The number of halogens is 3. The van der Waals surface area contributed by atoms with Gasteiger partial charge in [0.05, 0.1) is 6.04 Å². The summed E-state index contributed by atoms with van der Waals surface area (Å²) < 4.78 is 41.7. The first-order chi connectivity index (χ1) is 9.99. The lowest BCUT2D eigenvalue weighted by Crippen LogP contribution is -2.36. The lowest BCUT2D eigenvalue weighted by atomic mass is 10.0. The molecule has 0 amide bonds. The molecule has 2 aromatic rings.